The number of rotatable bonds is 3. The number of hydrogen-bond donors (Lipinski definition) is 1. The van der Waals surface area contributed by atoms with Crippen molar-refractivity contribution in [1.29, 1.82) is 0 Å². The van der Waals surface area contributed by atoms with Crippen LogP contribution in [0.25, 0.3) is 0 Å². The van der Waals surface area contributed by atoms with Gasteiger partial charge in [0.2, 0.25) is 0 Å². The zero-order valence-corrected chi connectivity index (χ0v) is 10.5. The van der Waals surface area contributed by atoms with Crippen molar-refractivity contribution in [3.63, 3.8) is 0 Å². The van der Waals surface area contributed by atoms with E-state index in [4.69, 9.17) is 0 Å². The zero-order valence-electron chi connectivity index (χ0n) is 10.5. The van der Waals surface area contributed by atoms with Gasteiger partial charge in [-0.2, -0.15) is 0 Å². The Kier molecular flexibility index (Phi) is 3.35. The summed E-state index contributed by atoms with van der Waals surface area (Å²) in [5.41, 5.74) is 0.448. The zero-order chi connectivity index (χ0) is 14.2. The fraction of sp³-hybridized carbons (Fsp3) is 0.308. The minimum atomic E-state index is -1.34. The first-order chi connectivity index (χ1) is 8.99. The summed E-state index contributed by atoms with van der Waals surface area (Å²) in [6.45, 7) is 1.32. The molecule has 2 rings (SSSR count). The number of aliphatic hydroxyl groups excluding tert-OH is 1. The van der Waals surface area contributed by atoms with Gasteiger partial charge < -0.3 is 9.84 Å². The summed E-state index contributed by atoms with van der Waals surface area (Å²) in [5.74, 6) is -2.03. The van der Waals surface area contributed by atoms with Crippen molar-refractivity contribution >= 4 is 17.8 Å². The molecular weight excluding hydrogens is 250 g/mol. The van der Waals surface area contributed by atoms with Crippen molar-refractivity contribution in [3.8, 4) is 0 Å². The second-order valence-corrected chi connectivity index (χ2v) is 4.23. The molecule has 19 heavy (non-hydrogen) atoms. The fourth-order valence-corrected chi connectivity index (χ4v) is 2.10. The number of carbonyl (C=O) groups excluding carboxylic acids is 3. The third-order valence-electron chi connectivity index (χ3n) is 3.00. The number of amides is 2. The van der Waals surface area contributed by atoms with E-state index in [0.29, 0.717) is 0 Å². The van der Waals surface area contributed by atoms with E-state index in [2.05, 4.69) is 4.74 Å². The predicted molar refractivity (Wildman–Crippen MR) is 64.4 cm³/mol. The maximum absolute atomic E-state index is 12.2. The second kappa shape index (κ2) is 4.81. The first-order valence-electron chi connectivity index (χ1n) is 5.72. The highest BCUT2D eigenvalue weighted by molar-refractivity contribution is 6.22. The quantitative estimate of drug-likeness (QED) is 0.622. The Labute approximate surface area is 109 Å². The first kappa shape index (κ1) is 13.2. The molecule has 0 aromatic heterocycles. The molecule has 0 radical (unpaired) electrons. The van der Waals surface area contributed by atoms with E-state index in [1.807, 2.05) is 0 Å². The van der Waals surface area contributed by atoms with Crippen molar-refractivity contribution in [2.75, 3.05) is 7.11 Å². The third kappa shape index (κ3) is 2.00. The first-order valence-corrected chi connectivity index (χ1v) is 5.72. The Morgan fingerprint density at radius 3 is 2.05 bits per heavy atom. The van der Waals surface area contributed by atoms with E-state index in [0.717, 1.165) is 12.0 Å². The molecule has 0 unspecified atom stereocenters. The lowest BCUT2D eigenvalue weighted by molar-refractivity contribution is -0.148. The smallest absolute Gasteiger partial charge is 0.331 e. The van der Waals surface area contributed by atoms with Crippen molar-refractivity contribution in [3.05, 3.63) is 35.4 Å². The molecule has 6 nitrogen and oxygen atoms in total. The summed E-state index contributed by atoms with van der Waals surface area (Å²) in [4.78, 5) is 36.7. The molecule has 1 heterocycles. The van der Waals surface area contributed by atoms with E-state index in [1.54, 1.807) is 12.1 Å². The van der Waals surface area contributed by atoms with Gasteiger partial charge in [0.1, 0.15) is 0 Å². The highest BCUT2D eigenvalue weighted by Crippen LogP contribution is 2.25. The van der Waals surface area contributed by atoms with Gasteiger partial charge in [-0.25, -0.2) is 4.79 Å². The monoisotopic (exact) mass is 263 g/mol. The van der Waals surface area contributed by atoms with Gasteiger partial charge in [0.25, 0.3) is 11.8 Å². The molecule has 1 aliphatic heterocycles. The molecule has 0 aliphatic carbocycles. The number of ether oxygens (including phenoxy) is 1. The van der Waals surface area contributed by atoms with E-state index < -0.39 is 29.9 Å². The van der Waals surface area contributed by atoms with Crippen LogP contribution in [0.5, 0.6) is 0 Å². The molecule has 1 aromatic rings. The summed E-state index contributed by atoms with van der Waals surface area (Å²) in [5, 5.41) is 9.64. The Morgan fingerprint density at radius 2 is 1.68 bits per heavy atom. The van der Waals surface area contributed by atoms with Crippen molar-refractivity contribution in [1.82, 2.24) is 4.90 Å². The maximum Gasteiger partial charge on any atom is 0.331 e. The number of esters is 1. The summed E-state index contributed by atoms with van der Waals surface area (Å²) in [6, 6.07) is 4.93. The van der Waals surface area contributed by atoms with E-state index in [1.165, 1.54) is 19.1 Å². The van der Waals surface area contributed by atoms with E-state index >= 15 is 0 Å². The van der Waals surface area contributed by atoms with Gasteiger partial charge in [-0.1, -0.05) is 12.1 Å². The van der Waals surface area contributed by atoms with Crippen LogP contribution in [0.4, 0.5) is 0 Å². The standard InChI is InChI=1S/C13H13NO5/c1-7(15)10(13(18)19-2)14-11(16)8-5-3-4-6-9(8)12(14)17/h3-7,10,15H,1-2H3/t7-,10+/m0/s1. The lowest BCUT2D eigenvalue weighted by Gasteiger charge is -2.25. The van der Waals surface area contributed by atoms with Crippen LogP contribution in [0.15, 0.2) is 24.3 Å². The fourth-order valence-electron chi connectivity index (χ4n) is 2.10. The molecule has 1 aromatic carbocycles. The number of methoxy groups -OCH3 is 1. The van der Waals surface area contributed by atoms with Crippen LogP contribution in [-0.2, 0) is 9.53 Å². The molecule has 6 heteroatoms. The Bertz CT molecular complexity index is 517. The second-order valence-electron chi connectivity index (χ2n) is 4.23. The van der Waals surface area contributed by atoms with Gasteiger partial charge in [-0.15, -0.1) is 0 Å². The Balaban J connectivity index is 2.45. The predicted octanol–water partition coefficient (Wildman–Crippen LogP) is 0.205. The Hall–Kier alpha value is -2.21. The molecule has 0 spiro atoms. The van der Waals surface area contributed by atoms with Crippen LogP contribution < -0.4 is 0 Å². The van der Waals surface area contributed by atoms with Gasteiger partial charge in [-0.05, 0) is 19.1 Å². The minimum Gasteiger partial charge on any atom is -0.467 e. The lowest BCUT2D eigenvalue weighted by Crippen LogP contribution is -2.51. The highest BCUT2D eigenvalue weighted by atomic mass is 16.5. The normalized spacial score (nSPS) is 17.1. The summed E-state index contributed by atoms with van der Waals surface area (Å²) >= 11 is 0. The summed E-state index contributed by atoms with van der Waals surface area (Å²) in [7, 11) is 1.13. The SMILES string of the molecule is COC(=O)[C@@H]([C@H](C)O)N1C(=O)c2ccccc2C1=O. The molecule has 2 amide bonds. The molecule has 2 atom stereocenters. The minimum absolute atomic E-state index is 0.224. The topological polar surface area (TPSA) is 83.9 Å². The number of benzene rings is 1. The van der Waals surface area contributed by atoms with Crippen LogP contribution in [0.2, 0.25) is 0 Å². The van der Waals surface area contributed by atoms with Gasteiger partial charge >= 0.3 is 5.97 Å². The van der Waals surface area contributed by atoms with Gasteiger partial charge in [0.15, 0.2) is 6.04 Å². The number of aliphatic hydroxyl groups is 1. The molecule has 1 N–H and O–H groups in total. The molecule has 0 saturated heterocycles. The molecule has 100 valence electrons. The van der Waals surface area contributed by atoms with E-state index in [9.17, 15) is 19.5 Å². The van der Waals surface area contributed by atoms with Crippen molar-refractivity contribution in [2.45, 2.75) is 19.1 Å². The lowest BCUT2D eigenvalue weighted by atomic mass is 10.1. The van der Waals surface area contributed by atoms with Crippen LogP contribution in [0.1, 0.15) is 27.6 Å². The maximum atomic E-state index is 12.2. The average Bonchev–Trinajstić information content (AvgIpc) is 2.64. The molecule has 1 aliphatic rings. The van der Waals surface area contributed by atoms with Crippen LogP contribution >= 0.6 is 0 Å². The molecular formula is C13H13NO5. The molecule has 0 bridgehead atoms. The number of nitrogens with zero attached hydrogens (tertiary/aromatic N) is 1. The Morgan fingerprint density at radius 1 is 1.21 bits per heavy atom. The summed E-state index contributed by atoms with van der Waals surface area (Å²) < 4.78 is 4.54. The van der Waals surface area contributed by atoms with Gasteiger partial charge in [0.05, 0.1) is 24.3 Å². The molecule has 0 fully saturated rings. The highest BCUT2D eigenvalue weighted by Gasteiger charge is 2.45. The summed E-state index contributed by atoms with van der Waals surface area (Å²) in [6.07, 6.45) is -1.21. The van der Waals surface area contributed by atoms with Crippen molar-refractivity contribution < 1.29 is 24.2 Å². The average molecular weight is 263 g/mol. The molecule has 0 saturated carbocycles. The number of hydrogen-bond acceptors (Lipinski definition) is 5. The third-order valence-corrected chi connectivity index (χ3v) is 3.00. The van der Waals surface area contributed by atoms with Crippen molar-refractivity contribution in [2.24, 2.45) is 0 Å². The van der Waals surface area contributed by atoms with Crippen LogP contribution in [-0.4, -0.2) is 47.0 Å². The van der Waals surface area contributed by atoms with Crippen LogP contribution in [0.3, 0.4) is 0 Å². The number of imide groups is 1. The number of fused-ring (bicyclic) bond motifs is 1. The van der Waals surface area contributed by atoms with E-state index in [-0.39, 0.29) is 11.1 Å². The largest absolute Gasteiger partial charge is 0.467 e. The van der Waals surface area contributed by atoms with Gasteiger partial charge in [-0.3, -0.25) is 14.5 Å². The van der Waals surface area contributed by atoms with Gasteiger partial charge in [0, 0.05) is 0 Å². The number of carbonyl (C=O) groups is 3. The van der Waals surface area contributed by atoms with Crippen LogP contribution in [0, 0.1) is 0 Å².